The molecule has 2 unspecified atom stereocenters. The molecule has 10 nitrogen and oxygen atoms in total. The van der Waals surface area contributed by atoms with Gasteiger partial charge in [0.1, 0.15) is 17.1 Å². The van der Waals surface area contributed by atoms with E-state index >= 15 is 0 Å². The summed E-state index contributed by atoms with van der Waals surface area (Å²) in [4.78, 5) is 40.8. The lowest BCUT2D eigenvalue weighted by Gasteiger charge is -2.38. The molecule has 2 atom stereocenters. The molecule has 1 aliphatic heterocycles. The number of thioether (sulfide) groups is 1. The number of nitrogens with zero attached hydrogens (tertiary/aromatic N) is 6. The summed E-state index contributed by atoms with van der Waals surface area (Å²) in [6.07, 6.45) is 5.98. The number of fused-ring (bicyclic) bond motifs is 1. The van der Waals surface area contributed by atoms with Crippen molar-refractivity contribution in [3.63, 3.8) is 0 Å². The van der Waals surface area contributed by atoms with Crippen LogP contribution in [0.5, 0.6) is 5.88 Å². The van der Waals surface area contributed by atoms with Gasteiger partial charge in [0.05, 0.1) is 6.54 Å². The molecule has 3 aromatic heterocycles. The smallest absolute Gasteiger partial charge is 0.410 e. The first-order valence-electron chi connectivity index (χ1n) is 11.9. The lowest BCUT2D eigenvalue weighted by atomic mass is 10.0. The van der Waals surface area contributed by atoms with Crippen molar-refractivity contribution >= 4 is 28.9 Å². The number of hydrogen-bond acceptors (Lipinski definition) is 8. The van der Waals surface area contributed by atoms with E-state index in [0.29, 0.717) is 47.3 Å². The molecule has 1 aliphatic rings. The number of piperidine rings is 1. The molecule has 3 aromatic rings. The van der Waals surface area contributed by atoms with E-state index in [2.05, 4.69) is 16.5 Å². The molecule has 0 saturated carbocycles. The Morgan fingerprint density at radius 1 is 1.31 bits per heavy atom. The summed E-state index contributed by atoms with van der Waals surface area (Å²) in [7, 11) is 0. The van der Waals surface area contributed by atoms with E-state index in [1.165, 1.54) is 16.4 Å². The fourth-order valence-corrected chi connectivity index (χ4v) is 4.55. The Labute approximate surface area is 214 Å². The Morgan fingerprint density at radius 3 is 2.75 bits per heavy atom. The first kappa shape index (κ1) is 25.7. The van der Waals surface area contributed by atoms with Gasteiger partial charge in [-0.3, -0.25) is 4.79 Å². The third-order valence-electron chi connectivity index (χ3n) is 5.81. The number of amides is 1. The molecule has 0 bridgehead atoms. The van der Waals surface area contributed by atoms with Gasteiger partial charge in [0.2, 0.25) is 5.88 Å². The first-order chi connectivity index (χ1) is 17.1. The van der Waals surface area contributed by atoms with Gasteiger partial charge in [-0.1, -0.05) is 23.9 Å². The third kappa shape index (κ3) is 5.40. The third-order valence-corrected chi connectivity index (χ3v) is 6.37. The molecule has 1 fully saturated rings. The second kappa shape index (κ2) is 10.3. The lowest BCUT2D eigenvalue weighted by Crippen LogP contribution is -2.49. The number of ether oxygens (including phenoxy) is 2. The van der Waals surface area contributed by atoms with E-state index in [-0.39, 0.29) is 30.3 Å². The topological polar surface area (TPSA) is 104 Å². The molecule has 36 heavy (non-hydrogen) atoms. The van der Waals surface area contributed by atoms with Crippen LogP contribution in [-0.2, 0) is 11.3 Å². The molecule has 0 aromatic carbocycles. The Bertz CT molecular complexity index is 1330. The van der Waals surface area contributed by atoms with Crippen LogP contribution < -0.4 is 10.3 Å². The summed E-state index contributed by atoms with van der Waals surface area (Å²) < 4.78 is 15.0. The predicted octanol–water partition coefficient (Wildman–Crippen LogP) is 4.05. The predicted molar refractivity (Wildman–Crippen MR) is 139 cm³/mol. The monoisotopic (exact) mass is 512 g/mol. The van der Waals surface area contributed by atoms with E-state index in [4.69, 9.17) is 14.5 Å². The van der Waals surface area contributed by atoms with Crippen LogP contribution in [-0.4, -0.2) is 65.9 Å². The van der Waals surface area contributed by atoms with Crippen molar-refractivity contribution in [2.24, 2.45) is 0 Å². The second-order valence-corrected chi connectivity index (χ2v) is 10.5. The zero-order valence-corrected chi connectivity index (χ0v) is 22.1. The van der Waals surface area contributed by atoms with Crippen LogP contribution in [0.4, 0.5) is 4.79 Å². The first-order valence-corrected chi connectivity index (χ1v) is 13.1. The number of hydrogen-bond donors (Lipinski definition) is 0. The molecule has 0 aliphatic carbocycles. The van der Waals surface area contributed by atoms with E-state index < -0.39 is 5.60 Å². The Morgan fingerprint density at radius 2 is 2.08 bits per heavy atom. The number of carbonyl (C=O) groups is 1. The number of likely N-dealkylation sites (tertiary alicyclic amines) is 1. The van der Waals surface area contributed by atoms with Crippen LogP contribution in [0, 0.1) is 0 Å². The van der Waals surface area contributed by atoms with Crippen molar-refractivity contribution in [2.45, 2.75) is 70.0 Å². The number of carbonyl (C=O) groups excluding carboxylic acids is 1. The summed E-state index contributed by atoms with van der Waals surface area (Å²) >= 11 is 1.40. The molecule has 0 N–H and O–H groups in total. The minimum Gasteiger partial charge on any atom is -0.474 e. The van der Waals surface area contributed by atoms with Gasteiger partial charge in [0, 0.05) is 37.7 Å². The average Bonchev–Trinajstić information content (AvgIpc) is 3.09. The molecule has 4 rings (SSSR count). The largest absolute Gasteiger partial charge is 0.474 e. The van der Waals surface area contributed by atoms with Crippen molar-refractivity contribution in [2.75, 3.05) is 12.8 Å². The van der Waals surface area contributed by atoms with Gasteiger partial charge < -0.3 is 14.4 Å². The quantitative estimate of drug-likeness (QED) is 0.277. The molecule has 192 valence electrons. The minimum absolute atomic E-state index is 0.0328. The highest BCUT2D eigenvalue weighted by Crippen LogP contribution is 2.25. The average molecular weight is 513 g/mol. The fourth-order valence-electron chi connectivity index (χ4n) is 4.22. The summed E-state index contributed by atoms with van der Waals surface area (Å²) in [5.41, 5.74) is -0.274. The summed E-state index contributed by atoms with van der Waals surface area (Å²) in [6.45, 7) is 12.2. The van der Waals surface area contributed by atoms with Gasteiger partial charge in [-0.25, -0.2) is 24.1 Å². The maximum Gasteiger partial charge on any atom is 0.410 e. The van der Waals surface area contributed by atoms with Crippen molar-refractivity contribution in [1.82, 2.24) is 29.2 Å². The van der Waals surface area contributed by atoms with Gasteiger partial charge in [0.25, 0.3) is 5.56 Å². The lowest BCUT2D eigenvalue weighted by molar-refractivity contribution is -0.00150. The molecule has 4 heterocycles. The van der Waals surface area contributed by atoms with Gasteiger partial charge in [-0.05, 0) is 40.0 Å². The Hall–Kier alpha value is -3.34. The molecular weight excluding hydrogens is 480 g/mol. The van der Waals surface area contributed by atoms with Crippen LogP contribution in [0.15, 0.2) is 47.0 Å². The standard InChI is InChI=1S/C25H32N6O4S/c1-7-12-30-22(32)18-15-26-23(36-6)28-21(18)31(30)19-9-8-10-20(27-19)34-17-11-13-29(16(2)14-17)24(33)35-25(3,4)5/h7-10,15-17H,1,11-14H2,2-6H3. The second-order valence-electron chi connectivity index (χ2n) is 9.70. The Balaban J connectivity index is 1.58. The van der Waals surface area contributed by atoms with E-state index in [1.807, 2.05) is 40.0 Å². The highest BCUT2D eigenvalue weighted by molar-refractivity contribution is 7.98. The summed E-state index contributed by atoms with van der Waals surface area (Å²) in [6, 6.07) is 5.40. The molecule has 1 amide bonds. The van der Waals surface area contributed by atoms with Crippen LogP contribution in [0.2, 0.25) is 0 Å². The van der Waals surface area contributed by atoms with Crippen molar-refractivity contribution in [3.8, 4) is 11.7 Å². The SMILES string of the molecule is C=CCn1c(=O)c2cnc(SC)nc2n1-c1cccc(OC2CCN(C(=O)OC(C)(C)C)C(C)C2)n1. The number of rotatable bonds is 6. The molecular formula is C25H32N6O4S. The van der Waals surface area contributed by atoms with Crippen LogP contribution in [0.1, 0.15) is 40.5 Å². The van der Waals surface area contributed by atoms with Crippen LogP contribution in [0.3, 0.4) is 0 Å². The van der Waals surface area contributed by atoms with Gasteiger partial charge in [-0.2, -0.15) is 4.98 Å². The Kier molecular flexibility index (Phi) is 7.39. The number of allylic oxidation sites excluding steroid dienone is 1. The zero-order valence-electron chi connectivity index (χ0n) is 21.3. The maximum atomic E-state index is 13.0. The van der Waals surface area contributed by atoms with Crippen LogP contribution >= 0.6 is 11.8 Å². The van der Waals surface area contributed by atoms with E-state index in [9.17, 15) is 9.59 Å². The number of pyridine rings is 1. The molecule has 11 heteroatoms. The van der Waals surface area contributed by atoms with E-state index in [1.54, 1.807) is 34.0 Å². The normalized spacial score (nSPS) is 18.3. The molecule has 0 spiro atoms. The highest BCUT2D eigenvalue weighted by atomic mass is 32.2. The van der Waals surface area contributed by atoms with Gasteiger partial charge in [-0.15, -0.1) is 6.58 Å². The van der Waals surface area contributed by atoms with E-state index in [0.717, 1.165) is 0 Å². The maximum absolute atomic E-state index is 13.0. The van der Waals surface area contributed by atoms with Gasteiger partial charge >= 0.3 is 6.09 Å². The summed E-state index contributed by atoms with van der Waals surface area (Å²) in [5, 5.41) is 0.969. The van der Waals surface area contributed by atoms with Crippen molar-refractivity contribution in [3.05, 3.63) is 47.4 Å². The highest BCUT2D eigenvalue weighted by Gasteiger charge is 2.33. The fraction of sp³-hybridized carbons (Fsp3) is 0.480. The minimum atomic E-state index is -0.537. The van der Waals surface area contributed by atoms with Gasteiger partial charge in [0.15, 0.2) is 16.6 Å². The van der Waals surface area contributed by atoms with Crippen LogP contribution in [0.25, 0.3) is 16.9 Å². The molecule has 1 saturated heterocycles. The zero-order chi connectivity index (χ0) is 26.0. The molecule has 0 radical (unpaired) electrons. The van der Waals surface area contributed by atoms with Crippen molar-refractivity contribution in [1.29, 1.82) is 0 Å². The van der Waals surface area contributed by atoms with Crippen molar-refractivity contribution < 1.29 is 14.3 Å². The summed E-state index contributed by atoms with van der Waals surface area (Å²) in [5.74, 6) is 0.945. The number of aromatic nitrogens is 5.